The van der Waals surface area contributed by atoms with Gasteiger partial charge in [-0.2, -0.15) is 0 Å². The number of morpholine rings is 1. The molecule has 0 spiro atoms. The van der Waals surface area contributed by atoms with Crippen molar-refractivity contribution < 1.29 is 22.7 Å². The topological polar surface area (TPSA) is 97.0 Å². The summed E-state index contributed by atoms with van der Waals surface area (Å²) in [5.41, 5.74) is 1.31. The molecule has 1 amide bonds. The lowest BCUT2D eigenvalue weighted by Gasteiger charge is -2.26. The van der Waals surface area contributed by atoms with Crippen LogP contribution in [0.1, 0.15) is 18.1 Å². The molecule has 1 aromatic carbocycles. The van der Waals surface area contributed by atoms with Crippen molar-refractivity contribution in [3.05, 3.63) is 23.3 Å². The van der Waals surface area contributed by atoms with E-state index < -0.39 is 10.0 Å². The third-order valence-electron chi connectivity index (χ3n) is 4.34. The zero-order valence-corrected chi connectivity index (χ0v) is 17.0. The lowest BCUT2D eigenvalue weighted by molar-refractivity contribution is -0.120. The Morgan fingerprint density at radius 1 is 1.22 bits per heavy atom. The first-order valence-electron chi connectivity index (χ1n) is 9.14. The SMILES string of the molecule is CCOc1cc(C)c(S(=O)(=O)NCC(=O)NCCN2CCOCC2)cc1C. The quantitative estimate of drug-likeness (QED) is 0.625. The Labute approximate surface area is 161 Å². The first kappa shape index (κ1) is 21.6. The molecule has 1 fully saturated rings. The molecule has 0 unspecified atom stereocenters. The van der Waals surface area contributed by atoms with Gasteiger partial charge in [0.25, 0.3) is 0 Å². The smallest absolute Gasteiger partial charge is 0.241 e. The lowest BCUT2D eigenvalue weighted by atomic mass is 10.1. The summed E-state index contributed by atoms with van der Waals surface area (Å²) in [6.45, 7) is 9.88. The van der Waals surface area contributed by atoms with Gasteiger partial charge in [-0.15, -0.1) is 0 Å². The number of nitrogens with zero attached hydrogens (tertiary/aromatic N) is 1. The predicted octanol–water partition coefficient (Wildman–Crippen LogP) is 0.429. The summed E-state index contributed by atoms with van der Waals surface area (Å²) >= 11 is 0. The van der Waals surface area contributed by atoms with Crippen molar-refractivity contribution in [3.63, 3.8) is 0 Å². The van der Waals surface area contributed by atoms with Gasteiger partial charge in [0.15, 0.2) is 0 Å². The number of nitrogens with one attached hydrogen (secondary N) is 2. The number of amides is 1. The number of aryl methyl sites for hydroxylation is 2. The fourth-order valence-corrected chi connectivity index (χ4v) is 4.13. The second-order valence-corrected chi connectivity index (χ2v) is 8.18. The number of benzene rings is 1. The average Bonchev–Trinajstić information content (AvgIpc) is 2.64. The van der Waals surface area contributed by atoms with Crippen LogP contribution < -0.4 is 14.8 Å². The Balaban J connectivity index is 1.86. The molecule has 0 aliphatic carbocycles. The van der Waals surface area contributed by atoms with E-state index in [9.17, 15) is 13.2 Å². The van der Waals surface area contributed by atoms with E-state index in [0.717, 1.165) is 25.2 Å². The van der Waals surface area contributed by atoms with Gasteiger partial charge in [-0.3, -0.25) is 9.69 Å². The summed E-state index contributed by atoms with van der Waals surface area (Å²) in [4.78, 5) is 14.3. The minimum atomic E-state index is -3.78. The van der Waals surface area contributed by atoms with E-state index in [0.29, 0.717) is 37.7 Å². The van der Waals surface area contributed by atoms with E-state index >= 15 is 0 Å². The molecule has 0 radical (unpaired) electrons. The van der Waals surface area contributed by atoms with Gasteiger partial charge in [0.2, 0.25) is 15.9 Å². The normalized spacial score (nSPS) is 15.5. The molecule has 1 aliphatic heterocycles. The fourth-order valence-electron chi connectivity index (χ4n) is 2.84. The third-order valence-corrected chi connectivity index (χ3v) is 5.88. The Morgan fingerprint density at radius 3 is 2.59 bits per heavy atom. The van der Waals surface area contributed by atoms with Gasteiger partial charge in [0, 0.05) is 26.2 Å². The van der Waals surface area contributed by atoms with Crippen LogP contribution in [-0.2, 0) is 19.6 Å². The molecule has 27 heavy (non-hydrogen) atoms. The van der Waals surface area contributed by atoms with Crippen LogP contribution in [0, 0.1) is 13.8 Å². The number of sulfonamides is 1. The van der Waals surface area contributed by atoms with Crippen molar-refractivity contribution >= 4 is 15.9 Å². The van der Waals surface area contributed by atoms with Gasteiger partial charge >= 0.3 is 0 Å². The van der Waals surface area contributed by atoms with Crippen molar-refractivity contribution in [2.45, 2.75) is 25.7 Å². The van der Waals surface area contributed by atoms with Crippen LogP contribution in [0.3, 0.4) is 0 Å². The highest BCUT2D eigenvalue weighted by Gasteiger charge is 2.20. The number of rotatable bonds is 9. The first-order valence-corrected chi connectivity index (χ1v) is 10.6. The zero-order chi connectivity index (χ0) is 19.9. The number of hydrogen-bond acceptors (Lipinski definition) is 6. The molecule has 0 saturated carbocycles. The highest BCUT2D eigenvalue weighted by atomic mass is 32.2. The maximum atomic E-state index is 12.5. The summed E-state index contributed by atoms with van der Waals surface area (Å²) in [7, 11) is -3.78. The molecule has 9 heteroatoms. The van der Waals surface area contributed by atoms with E-state index in [1.54, 1.807) is 26.0 Å². The molecule has 0 atom stereocenters. The number of carbonyl (C=O) groups excluding carboxylic acids is 1. The molecule has 8 nitrogen and oxygen atoms in total. The highest BCUT2D eigenvalue weighted by molar-refractivity contribution is 7.89. The van der Waals surface area contributed by atoms with Crippen molar-refractivity contribution in [3.8, 4) is 5.75 Å². The summed E-state index contributed by atoms with van der Waals surface area (Å²) in [6.07, 6.45) is 0. The minimum Gasteiger partial charge on any atom is -0.494 e. The van der Waals surface area contributed by atoms with Crippen molar-refractivity contribution in [2.24, 2.45) is 0 Å². The molecule has 0 aromatic heterocycles. The first-order chi connectivity index (χ1) is 12.8. The van der Waals surface area contributed by atoms with Crippen LogP contribution in [0.5, 0.6) is 5.75 Å². The second-order valence-electron chi connectivity index (χ2n) is 6.44. The Bertz CT molecular complexity index is 746. The number of carbonyl (C=O) groups is 1. The van der Waals surface area contributed by atoms with Gasteiger partial charge in [-0.05, 0) is 44.0 Å². The molecule has 152 valence electrons. The Hall–Kier alpha value is -1.68. The van der Waals surface area contributed by atoms with Gasteiger partial charge in [0.05, 0.1) is 31.3 Å². The monoisotopic (exact) mass is 399 g/mol. The summed E-state index contributed by atoms with van der Waals surface area (Å²) in [6, 6.07) is 3.27. The average molecular weight is 400 g/mol. The van der Waals surface area contributed by atoms with E-state index in [2.05, 4.69) is 14.9 Å². The third kappa shape index (κ3) is 6.46. The summed E-state index contributed by atoms with van der Waals surface area (Å²) in [5.74, 6) is 0.307. The molecule has 1 heterocycles. The molecule has 2 rings (SSSR count). The van der Waals surface area contributed by atoms with Gasteiger partial charge in [-0.1, -0.05) is 0 Å². The number of hydrogen-bond donors (Lipinski definition) is 2. The van der Waals surface area contributed by atoms with E-state index in [1.807, 2.05) is 6.92 Å². The molecule has 0 bridgehead atoms. The van der Waals surface area contributed by atoms with Gasteiger partial charge in [0.1, 0.15) is 5.75 Å². The molecular weight excluding hydrogens is 370 g/mol. The van der Waals surface area contributed by atoms with Crippen LogP contribution in [-0.4, -0.2) is 71.8 Å². The summed E-state index contributed by atoms with van der Waals surface area (Å²) < 4.78 is 38.2. The molecule has 1 aromatic rings. The van der Waals surface area contributed by atoms with Gasteiger partial charge < -0.3 is 14.8 Å². The predicted molar refractivity (Wildman–Crippen MR) is 103 cm³/mol. The maximum Gasteiger partial charge on any atom is 0.241 e. The fraction of sp³-hybridized carbons (Fsp3) is 0.611. The Kier molecular flexibility index (Phi) is 8.03. The second kappa shape index (κ2) is 10.0. The van der Waals surface area contributed by atoms with Crippen LogP contribution in [0.2, 0.25) is 0 Å². The largest absolute Gasteiger partial charge is 0.494 e. The van der Waals surface area contributed by atoms with Crippen molar-refractivity contribution in [1.82, 2.24) is 14.9 Å². The van der Waals surface area contributed by atoms with Crippen LogP contribution >= 0.6 is 0 Å². The van der Waals surface area contributed by atoms with E-state index in [4.69, 9.17) is 9.47 Å². The lowest BCUT2D eigenvalue weighted by Crippen LogP contribution is -2.43. The van der Waals surface area contributed by atoms with Crippen LogP contribution in [0.15, 0.2) is 17.0 Å². The van der Waals surface area contributed by atoms with Crippen LogP contribution in [0.4, 0.5) is 0 Å². The minimum absolute atomic E-state index is 0.157. The standard InChI is InChI=1S/C18H29N3O5S/c1-4-26-16-11-15(3)17(12-14(16)2)27(23,24)20-13-18(22)19-5-6-21-7-9-25-10-8-21/h11-12,20H,4-10,13H2,1-3H3,(H,19,22). The molecular formula is C18H29N3O5S. The van der Waals surface area contributed by atoms with Crippen LogP contribution in [0.25, 0.3) is 0 Å². The molecule has 2 N–H and O–H groups in total. The molecule has 1 aliphatic rings. The molecule has 1 saturated heterocycles. The van der Waals surface area contributed by atoms with Gasteiger partial charge in [-0.25, -0.2) is 13.1 Å². The number of ether oxygens (including phenoxy) is 2. The maximum absolute atomic E-state index is 12.5. The zero-order valence-electron chi connectivity index (χ0n) is 16.2. The van der Waals surface area contributed by atoms with Crippen molar-refractivity contribution in [1.29, 1.82) is 0 Å². The van der Waals surface area contributed by atoms with E-state index in [-0.39, 0.29) is 17.3 Å². The summed E-state index contributed by atoms with van der Waals surface area (Å²) in [5, 5.41) is 2.74. The highest BCUT2D eigenvalue weighted by Crippen LogP contribution is 2.25. The van der Waals surface area contributed by atoms with Crippen molar-refractivity contribution in [2.75, 3.05) is 52.5 Å². The van der Waals surface area contributed by atoms with E-state index in [1.165, 1.54) is 0 Å². The Morgan fingerprint density at radius 2 is 1.93 bits per heavy atom.